The van der Waals surface area contributed by atoms with Crippen LogP contribution in [0.15, 0.2) is 60.8 Å². The average Bonchev–Trinajstić information content (AvgIpc) is 3.40. The van der Waals surface area contributed by atoms with Gasteiger partial charge in [-0.05, 0) is 48.5 Å². The fourth-order valence-corrected chi connectivity index (χ4v) is 3.61. The van der Waals surface area contributed by atoms with Gasteiger partial charge in [-0.25, -0.2) is 4.98 Å². The zero-order chi connectivity index (χ0) is 20.5. The summed E-state index contributed by atoms with van der Waals surface area (Å²) in [6.07, 6.45) is 2.73. The molecule has 0 saturated carbocycles. The van der Waals surface area contributed by atoms with Crippen molar-refractivity contribution in [2.45, 2.75) is 6.42 Å². The molecule has 0 bridgehead atoms. The molecule has 0 spiro atoms. The number of hydrogen-bond acceptors (Lipinski definition) is 5. The van der Waals surface area contributed by atoms with E-state index in [0.717, 1.165) is 63.6 Å². The van der Waals surface area contributed by atoms with Gasteiger partial charge < -0.3 is 14.6 Å². The van der Waals surface area contributed by atoms with Crippen molar-refractivity contribution in [1.29, 1.82) is 0 Å². The number of fused-ring (bicyclic) bond motifs is 2. The molecule has 7 nitrogen and oxygen atoms in total. The van der Waals surface area contributed by atoms with Gasteiger partial charge in [0.15, 0.2) is 5.82 Å². The number of nitrogens with one attached hydrogen (secondary N) is 2. The van der Waals surface area contributed by atoms with Gasteiger partial charge in [0.2, 0.25) is 0 Å². The van der Waals surface area contributed by atoms with Gasteiger partial charge in [0.1, 0.15) is 11.4 Å². The maximum absolute atomic E-state index is 5.36. The van der Waals surface area contributed by atoms with Crippen LogP contribution in [-0.4, -0.2) is 45.9 Å². The fraction of sp³-hybridized carbons (Fsp3) is 0.174. The standard InChI is InChI=1S/C23H22N6O/c1-29(12-10-15-5-3-4-11-24-15)16-6-8-20-21(13-16)26-23(25-20)22-18-14-17(30-2)7-9-19(18)27-28-22/h3-9,11,13-14H,10,12H2,1-2H3,(H,25,26)(H,27,28). The number of imidazole rings is 1. The van der Waals surface area contributed by atoms with Gasteiger partial charge in [-0.3, -0.25) is 10.1 Å². The monoisotopic (exact) mass is 398 g/mol. The second kappa shape index (κ2) is 7.51. The van der Waals surface area contributed by atoms with E-state index in [9.17, 15) is 0 Å². The summed E-state index contributed by atoms with van der Waals surface area (Å²) in [4.78, 5) is 14.8. The molecule has 0 unspecified atom stereocenters. The molecule has 30 heavy (non-hydrogen) atoms. The van der Waals surface area contributed by atoms with Crippen LogP contribution in [0.5, 0.6) is 5.75 Å². The summed E-state index contributed by atoms with van der Waals surface area (Å²) in [6, 6.07) is 18.1. The van der Waals surface area contributed by atoms with Crippen molar-refractivity contribution in [1.82, 2.24) is 25.1 Å². The number of nitrogens with zero attached hydrogens (tertiary/aromatic N) is 4. The highest BCUT2D eigenvalue weighted by Gasteiger charge is 2.14. The van der Waals surface area contributed by atoms with E-state index in [1.54, 1.807) is 7.11 Å². The maximum Gasteiger partial charge on any atom is 0.159 e. The van der Waals surface area contributed by atoms with E-state index in [1.165, 1.54) is 0 Å². The van der Waals surface area contributed by atoms with Crippen LogP contribution in [0.4, 0.5) is 5.69 Å². The smallest absolute Gasteiger partial charge is 0.159 e. The van der Waals surface area contributed by atoms with E-state index < -0.39 is 0 Å². The van der Waals surface area contributed by atoms with E-state index in [2.05, 4.69) is 50.3 Å². The molecular weight excluding hydrogens is 376 g/mol. The van der Waals surface area contributed by atoms with Gasteiger partial charge in [-0.1, -0.05) is 6.07 Å². The van der Waals surface area contributed by atoms with Crippen LogP contribution in [0, 0.1) is 0 Å². The van der Waals surface area contributed by atoms with Crippen LogP contribution in [0.1, 0.15) is 5.69 Å². The molecule has 5 aromatic rings. The largest absolute Gasteiger partial charge is 0.497 e. The lowest BCUT2D eigenvalue weighted by molar-refractivity contribution is 0.415. The minimum Gasteiger partial charge on any atom is -0.497 e. The van der Waals surface area contributed by atoms with Gasteiger partial charge in [-0.15, -0.1) is 0 Å². The Labute approximate surface area is 173 Å². The summed E-state index contributed by atoms with van der Waals surface area (Å²) < 4.78 is 5.36. The number of methoxy groups -OCH3 is 1. The Morgan fingerprint density at radius 2 is 1.97 bits per heavy atom. The first-order chi connectivity index (χ1) is 14.7. The topological polar surface area (TPSA) is 82.7 Å². The quantitative estimate of drug-likeness (QED) is 0.448. The van der Waals surface area contributed by atoms with E-state index >= 15 is 0 Å². The van der Waals surface area contributed by atoms with Crippen LogP contribution in [0.3, 0.4) is 0 Å². The van der Waals surface area contributed by atoms with Gasteiger partial charge in [-0.2, -0.15) is 5.10 Å². The number of ether oxygens (including phenoxy) is 1. The second-order valence-corrected chi connectivity index (χ2v) is 7.26. The number of benzene rings is 2. The minimum absolute atomic E-state index is 0.734. The number of hydrogen-bond donors (Lipinski definition) is 2. The van der Waals surface area contributed by atoms with Gasteiger partial charge in [0, 0.05) is 43.0 Å². The third kappa shape index (κ3) is 3.34. The van der Waals surface area contributed by atoms with Crippen molar-refractivity contribution in [2.24, 2.45) is 0 Å². The fourth-order valence-electron chi connectivity index (χ4n) is 3.61. The lowest BCUT2D eigenvalue weighted by Gasteiger charge is -2.19. The molecule has 0 amide bonds. The molecular formula is C23H22N6O. The molecule has 0 aliphatic heterocycles. The first-order valence-corrected chi connectivity index (χ1v) is 9.84. The molecule has 0 fully saturated rings. The molecule has 0 radical (unpaired) electrons. The van der Waals surface area contributed by atoms with E-state index in [1.807, 2.05) is 42.6 Å². The number of aromatic amines is 2. The van der Waals surface area contributed by atoms with Crippen LogP contribution in [0.25, 0.3) is 33.5 Å². The Morgan fingerprint density at radius 3 is 2.80 bits per heavy atom. The van der Waals surface area contributed by atoms with Crippen molar-refractivity contribution in [3.8, 4) is 17.3 Å². The summed E-state index contributed by atoms with van der Waals surface area (Å²) in [6.45, 7) is 0.882. The van der Waals surface area contributed by atoms with E-state index in [4.69, 9.17) is 9.72 Å². The molecule has 0 atom stereocenters. The van der Waals surface area contributed by atoms with Crippen LogP contribution >= 0.6 is 0 Å². The normalized spacial score (nSPS) is 11.3. The SMILES string of the molecule is COc1ccc2[nH]nc(-c3nc4ccc(N(C)CCc5ccccn5)cc4[nH]3)c2c1. The molecule has 7 heteroatoms. The lowest BCUT2D eigenvalue weighted by atomic mass is 10.2. The number of anilines is 1. The summed E-state index contributed by atoms with van der Waals surface area (Å²) in [5.41, 5.74) is 5.83. The Balaban J connectivity index is 1.43. The first-order valence-electron chi connectivity index (χ1n) is 9.84. The van der Waals surface area contributed by atoms with Crippen molar-refractivity contribution in [2.75, 3.05) is 25.6 Å². The zero-order valence-corrected chi connectivity index (χ0v) is 16.9. The Bertz CT molecular complexity index is 1310. The van der Waals surface area contributed by atoms with Gasteiger partial charge in [0.25, 0.3) is 0 Å². The number of rotatable bonds is 6. The van der Waals surface area contributed by atoms with E-state index in [-0.39, 0.29) is 0 Å². The highest BCUT2D eigenvalue weighted by molar-refractivity contribution is 5.94. The number of pyridine rings is 1. The number of aromatic nitrogens is 5. The molecule has 150 valence electrons. The van der Waals surface area contributed by atoms with Gasteiger partial charge >= 0.3 is 0 Å². The average molecular weight is 398 g/mol. The maximum atomic E-state index is 5.36. The summed E-state index contributed by atoms with van der Waals surface area (Å²) in [5.74, 6) is 1.52. The Hall–Kier alpha value is -3.87. The van der Waals surface area contributed by atoms with Crippen molar-refractivity contribution in [3.05, 3.63) is 66.5 Å². The zero-order valence-electron chi connectivity index (χ0n) is 16.9. The van der Waals surface area contributed by atoms with Crippen LogP contribution < -0.4 is 9.64 Å². The molecule has 3 heterocycles. The predicted octanol–water partition coefficient (Wildman–Crippen LogP) is 4.19. The summed E-state index contributed by atoms with van der Waals surface area (Å²) in [5, 5.41) is 8.50. The molecule has 3 aromatic heterocycles. The number of likely N-dealkylation sites (N-methyl/N-ethyl adjacent to an activating group) is 1. The Morgan fingerprint density at radius 1 is 1.03 bits per heavy atom. The first kappa shape index (κ1) is 18.2. The van der Waals surface area contributed by atoms with E-state index in [0.29, 0.717) is 0 Å². The van der Waals surface area contributed by atoms with Crippen LogP contribution in [-0.2, 0) is 6.42 Å². The third-order valence-corrected chi connectivity index (χ3v) is 5.33. The van der Waals surface area contributed by atoms with Crippen molar-refractivity contribution in [3.63, 3.8) is 0 Å². The molecule has 5 rings (SSSR count). The predicted molar refractivity (Wildman–Crippen MR) is 119 cm³/mol. The van der Waals surface area contributed by atoms with Gasteiger partial charge in [0.05, 0.1) is 23.7 Å². The lowest BCUT2D eigenvalue weighted by Crippen LogP contribution is -2.20. The van der Waals surface area contributed by atoms with Crippen LogP contribution in [0.2, 0.25) is 0 Å². The minimum atomic E-state index is 0.734. The molecule has 0 saturated heterocycles. The highest BCUT2D eigenvalue weighted by Crippen LogP contribution is 2.30. The molecule has 2 N–H and O–H groups in total. The Kier molecular flexibility index (Phi) is 4.55. The number of H-pyrrole nitrogens is 2. The molecule has 0 aliphatic rings. The van der Waals surface area contributed by atoms with Crippen molar-refractivity contribution < 1.29 is 4.74 Å². The third-order valence-electron chi connectivity index (χ3n) is 5.33. The second-order valence-electron chi connectivity index (χ2n) is 7.26. The van der Waals surface area contributed by atoms with Crippen molar-refractivity contribution >= 4 is 27.6 Å². The summed E-state index contributed by atoms with van der Waals surface area (Å²) >= 11 is 0. The highest BCUT2D eigenvalue weighted by atomic mass is 16.5. The molecule has 0 aliphatic carbocycles. The molecule has 2 aromatic carbocycles. The summed E-state index contributed by atoms with van der Waals surface area (Å²) in [7, 11) is 3.75.